The normalized spacial score (nSPS) is 51.8. The second-order valence-corrected chi connectivity index (χ2v) is 17.1. The molecule has 43 heavy (non-hydrogen) atoms. The molecule has 0 heterocycles. The molecular weight excluding hydrogens is 536 g/mol. The molecule has 5 heteroatoms. The number of fused-ring (bicyclic) bond motifs is 10. The van der Waals surface area contributed by atoms with Crippen molar-refractivity contribution in [1.29, 1.82) is 0 Å². The van der Waals surface area contributed by atoms with Gasteiger partial charge in [-0.25, -0.2) is 0 Å². The van der Waals surface area contributed by atoms with Crippen molar-refractivity contribution in [3.63, 3.8) is 0 Å². The van der Waals surface area contributed by atoms with E-state index in [0.29, 0.717) is 47.6 Å². The van der Waals surface area contributed by atoms with Gasteiger partial charge in [0, 0.05) is 29.6 Å². The van der Waals surface area contributed by atoms with Crippen LogP contribution in [0.4, 0.5) is 0 Å². The largest absolute Gasteiger partial charge is 0.393 e. The summed E-state index contributed by atoms with van der Waals surface area (Å²) in [5, 5.41) is 20.0. The molecule has 0 saturated heterocycles. The maximum atomic E-state index is 12.9. The van der Waals surface area contributed by atoms with Crippen LogP contribution in [0.15, 0.2) is 23.3 Å². The van der Waals surface area contributed by atoms with E-state index in [2.05, 4.69) is 33.8 Å². The van der Waals surface area contributed by atoms with Crippen LogP contribution < -0.4 is 0 Å². The molecule has 2 N–H and O–H groups in total. The lowest BCUT2D eigenvalue weighted by Crippen LogP contribution is -2.53. The molecule has 8 aliphatic carbocycles. The molecule has 12 atom stereocenters. The van der Waals surface area contributed by atoms with Gasteiger partial charge in [-0.2, -0.15) is 0 Å². The summed E-state index contributed by atoms with van der Waals surface area (Å²) in [5.41, 5.74) is 2.78. The summed E-state index contributed by atoms with van der Waals surface area (Å²) in [6.07, 6.45) is 18.2. The van der Waals surface area contributed by atoms with E-state index in [4.69, 9.17) is 0 Å². The minimum Gasteiger partial charge on any atom is -0.393 e. The van der Waals surface area contributed by atoms with Gasteiger partial charge in [0.05, 0.1) is 12.2 Å². The average Bonchev–Trinajstić information content (AvgIpc) is 3.45. The standard InChI is InChI=1S/C19H26O3.C19H28O2/c1-18-7-5-12(20)9-11(18)10-15(21)17-13-3-4-16(22)19(13,2)8-6-14(17)18;1-18-9-7-13(20)11-12(18)3-4-14-15-5-6-17(21)19(15,2)10-8-16(14)18/h10,12-14,17,20H,3-9H2,1-2H3;3,13-16,20H,4-11H2,1-2H3/t12-,13?,14?,17?,18-,19-;13-,14?,15?,16?,18-,19-/m00/s1. The third-order valence-corrected chi connectivity index (χ3v) is 15.4. The molecule has 0 bridgehead atoms. The molecule has 8 aliphatic rings. The molecule has 8 rings (SSSR count). The zero-order valence-corrected chi connectivity index (χ0v) is 27.0. The predicted molar refractivity (Wildman–Crippen MR) is 166 cm³/mol. The summed E-state index contributed by atoms with van der Waals surface area (Å²) in [6, 6.07) is 0. The van der Waals surface area contributed by atoms with Gasteiger partial charge in [0.15, 0.2) is 5.78 Å². The minimum absolute atomic E-state index is 0.0168. The molecule has 0 amide bonds. The number of hydrogen-bond acceptors (Lipinski definition) is 5. The Kier molecular flexibility index (Phi) is 7.14. The van der Waals surface area contributed by atoms with Crippen LogP contribution in [0.5, 0.6) is 0 Å². The number of ketones is 3. The van der Waals surface area contributed by atoms with Gasteiger partial charge in [0.25, 0.3) is 0 Å². The lowest BCUT2D eigenvalue weighted by Gasteiger charge is -2.56. The Morgan fingerprint density at radius 3 is 1.72 bits per heavy atom. The summed E-state index contributed by atoms with van der Waals surface area (Å²) in [4.78, 5) is 37.6. The monoisotopic (exact) mass is 590 g/mol. The van der Waals surface area contributed by atoms with Crippen LogP contribution in [0, 0.1) is 57.2 Å². The van der Waals surface area contributed by atoms with E-state index in [1.165, 1.54) is 17.6 Å². The fourth-order valence-corrected chi connectivity index (χ4v) is 12.6. The average molecular weight is 591 g/mol. The third-order valence-electron chi connectivity index (χ3n) is 15.4. The molecule has 0 radical (unpaired) electrons. The van der Waals surface area contributed by atoms with E-state index >= 15 is 0 Å². The molecule has 0 aromatic rings. The zero-order valence-electron chi connectivity index (χ0n) is 27.0. The Labute approximate surface area is 258 Å². The topological polar surface area (TPSA) is 91.7 Å². The SMILES string of the molecule is C[C@]12CC[C@H](O)CC1=CC(=O)C1C2CC[C@]2(C)C(=O)CCC12.C[C@]12CC[C@H](O)CC1=CCC1C2CC[C@]2(C)C(=O)CCC12. The molecule has 236 valence electrons. The first kappa shape index (κ1) is 30.1. The van der Waals surface area contributed by atoms with Crippen LogP contribution in [0.25, 0.3) is 0 Å². The lowest BCUT2D eigenvalue weighted by atomic mass is 9.48. The molecule has 5 nitrogen and oxygen atoms in total. The van der Waals surface area contributed by atoms with E-state index in [9.17, 15) is 24.6 Å². The van der Waals surface area contributed by atoms with Gasteiger partial charge in [-0.15, -0.1) is 0 Å². The molecule has 0 aliphatic heterocycles. The van der Waals surface area contributed by atoms with Crippen LogP contribution in [0.2, 0.25) is 0 Å². The van der Waals surface area contributed by atoms with Gasteiger partial charge in [0.1, 0.15) is 11.6 Å². The van der Waals surface area contributed by atoms with Crippen LogP contribution in [0.1, 0.15) is 124 Å². The summed E-state index contributed by atoms with van der Waals surface area (Å²) >= 11 is 0. The number of allylic oxidation sites excluding steroid dienone is 2. The van der Waals surface area contributed by atoms with Gasteiger partial charge < -0.3 is 10.2 Å². The first-order valence-electron chi connectivity index (χ1n) is 17.7. The Morgan fingerprint density at radius 1 is 0.605 bits per heavy atom. The van der Waals surface area contributed by atoms with Crippen molar-refractivity contribution in [3.8, 4) is 0 Å². The smallest absolute Gasteiger partial charge is 0.159 e. The van der Waals surface area contributed by atoms with Crippen molar-refractivity contribution in [2.24, 2.45) is 57.2 Å². The zero-order chi connectivity index (χ0) is 30.5. The van der Waals surface area contributed by atoms with Gasteiger partial charge >= 0.3 is 0 Å². The van der Waals surface area contributed by atoms with Crippen LogP contribution in [0.3, 0.4) is 0 Å². The van der Waals surface area contributed by atoms with Crippen molar-refractivity contribution in [2.45, 2.75) is 136 Å². The highest BCUT2D eigenvalue weighted by Crippen LogP contribution is 2.65. The minimum atomic E-state index is -0.286. The second-order valence-electron chi connectivity index (χ2n) is 17.1. The summed E-state index contributed by atoms with van der Waals surface area (Å²) in [6.45, 7) is 9.09. The number of aliphatic hydroxyl groups excluding tert-OH is 2. The molecule has 6 saturated carbocycles. The summed E-state index contributed by atoms with van der Waals surface area (Å²) in [5.74, 6) is 3.86. The highest BCUT2D eigenvalue weighted by Gasteiger charge is 2.61. The van der Waals surface area contributed by atoms with E-state index in [-0.39, 0.29) is 46.1 Å². The number of carbonyl (C=O) groups excluding carboxylic acids is 3. The van der Waals surface area contributed by atoms with Crippen molar-refractivity contribution in [3.05, 3.63) is 23.3 Å². The van der Waals surface area contributed by atoms with Crippen molar-refractivity contribution in [1.82, 2.24) is 0 Å². The quantitative estimate of drug-likeness (QED) is 0.298. The third kappa shape index (κ3) is 4.32. The van der Waals surface area contributed by atoms with Crippen molar-refractivity contribution in [2.75, 3.05) is 0 Å². The Morgan fingerprint density at radius 2 is 1.07 bits per heavy atom. The van der Waals surface area contributed by atoms with Crippen LogP contribution >= 0.6 is 0 Å². The van der Waals surface area contributed by atoms with E-state index < -0.39 is 0 Å². The van der Waals surface area contributed by atoms with Gasteiger partial charge in [0.2, 0.25) is 0 Å². The molecule has 6 fully saturated rings. The van der Waals surface area contributed by atoms with Gasteiger partial charge in [-0.05, 0) is 130 Å². The Bertz CT molecular complexity index is 1280. The maximum absolute atomic E-state index is 12.9. The fraction of sp³-hybridized carbons (Fsp3) is 0.816. The first-order chi connectivity index (χ1) is 20.3. The van der Waals surface area contributed by atoms with Gasteiger partial charge in [-0.3, -0.25) is 14.4 Å². The molecule has 0 aromatic heterocycles. The van der Waals surface area contributed by atoms with Crippen LogP contribution in [-0.2, 0) is 14.4 Å². The first-order valence-corrected chi connectivity index (χ1v) is 17.7. The Hall–Kier alpha value is -1.59. The predicted octanol–water partition coefficient (Wildman–Crippen LogP) is 6.94. The fourth-order valence-electron chi connectivity index (χ4n) is 12.6. The van der Waals surface area contributed by atoms with Crippen molar-refractivity contribution >= 4 is 17.3 Å². The Balaban J connectivity index is 0.000000140. The number of hydrogen-bond donors (Lipinski definition) is 2. The number of Topliss-reactive ketones (excluding diaryl/α,β-unsaturated/α-hetero) is 2. The number of carbonyl (C=O) groups is 3. The van der Waals surface area contributed by atoms with Gasteiger partial charge in [-0.1, -0.05) is 44.9 Å². The summed E-state index contributed by atoms with van der Waals surface area (Å²) in [7, 11) is 0. The van der Waals surface area contributed by atoms with E-state index in [1.807, 2.05) is 6.08 Å². The molecule has 0 aromatic carbocycles. The molecular formula is C38H54O5. The molecule has 6 unspecified atom stereocenters. The van der Waals surface area contributed by atoms with Crippen LogP contribution in [-0.4, -0.2) is 39.8 Å². The lowest BCUT2D eigenvalue weighted by molar-refractivity contribution is -0.139. The highest BCUT2D eigenvalue weighted by molar-refractivity contribution is 5.96. The number of rotatable bonds is 0. The van der Waals surface area contributed by atoms with E-state index in [0.717, 1.165) is 83.0 Å². The molecule has 0 spiro atoms. The van der Waals surface area contributed by atoms with E-state index in [1.54, 1.807) is 0 Å². The summed E-state index contributed by atoms with van der Waals surface area (Å²) < 4.78 is 0. The van der Waals surface area contributed by atoms with Crippen molar-refractivity contribution < 1.29 is 24.6 Å². The second kappa shape index (κ2) is 10.2. The highest BCUT2D eigenvalue weighted by atomic mass is 16.3. The maximum Gasteiger partial charge on any atom is 0.159 e. The number of aliphatic hydroxyl groups is 2.